The van der Waals surface area contributed by atoms with Crippen molar-refractivity contribution in [1.82, 2.24) is 4.90 Å². The summed E-state index contributed by atoms with van der Waals surface area (Å²) in [4.78, 5) is 27.9. The van der Waals surface area contributed by atoms with Crippen molar-refractivity contribution in [1.29, 1.82) is 0 Å². The predicted octanol–water partition coefficient (Wildman–Crippen LogP) is 6.47. The highest BCUT2D eigenvalue weighted by Crippen LogP contribution is 2.23. The number of hydrogen-bond donors (Lipinski definition) is 2. The average molecular weight is 470 g/mol. The van der Waals surface area contributed by atoms with E-state index in [9.17, 15) is 9.59 Å². The van der Waals surface area contributed by atoms with E-state index >= 15 is 0 Å². The number of likely N-dealkylation sites (tertiary alicyclic amines) is 1. The van der Waals surface area contributed by atoms with Gasteiger partial charge in [-0.25, -0.2) is 0 Å². The van der Waals surface area contributed by atoms with Gasteiger partial charge < -0.3 is 10.6 Å². The van der Waals surface area contributed by atoms with Crippen molar-refractivity contribution >= 4 is 23.2 Å². The average Bonchev–Trinajstić information content (AvgIpc) is 2.85. The summed E-state index contributed by atoms with van der Waals surface area (Å²) in [6.45, 7) is 9.67. The summed E-state index contributed by atoms with van der Waals surface area (Å²) in [5.74, 6) is -0.353. The Kier molecular flexibility index (Phi) is 7.67. The molecular weight excluding hydrogens is 434 g/mol. The van der Waals surface area contributed by atoms with Crippen LogP contribution in [0.3, 0.4) is 0 Å². The summed E-state index contributed by atoms with van der Waals surface area (Å²) < 4.78 is 0. The highest BCUT2D eigenvalue weighted by molar-refractivity contribution is 6.06. The summed E-state index contributed by atoms with van der Waals surface area (Å²) in [6, 6.07) is 22.7. The van der Waals surface area contributed by atoms with Gasteiger partial charge in [0.05, 0.1) is 0 Å². The van der Waals surface area contributed by atoms with Crippen LogP contribution < -0.4 is 10.6 Å². The Bertz CT molecular complexity index is 1160. The Balaban J connectivity index is 1.35. The van der Waals surface area contributed by atoms with Crippen LogP contribution in [0.15, 0.2) is 72.8 Å². The van der Waals surface area contributed by atoms with Gasteiger partial charge in [-0.15, -0.1) is 0 Å². The minimum absolute atomic E-state index is 0.0369. The van der Waals surface area contributed by atoms with E-state index in [0.29, 0.717) is 22.5 Å². The molecule has 0 bridgehead atoms. The van der Waals surface area contributed by atoms with Crippen LogP contribution in [0, 0.1) is 0 Å². The van der Waals surface area contributed by atoms with Crippen molar-refractivity contribution in [3.8, 4) is 0 Å². The van der Waals surface area contributed by atoms with Crippen molar-refractivity contribution in [2.45, 2.75) is 52.0 Å². The molecule has 1 saturated heterocycles. The summed E-state index contributed by atoms with van der Waals surface area (Å²) >= 11 is 0. The van der Waals surface area contributed by atoms with Crippen LogP contribution in [0.4, 0.5) is 11.4 Å². The van der Waals surface area contributed by atoms with E-state index in [0.717, 1.165) is 19.6 Å². The lowest BCUT2D eigenvalue weighted by molar-refractivity contribution is 0.101. The molecule has 5 nitrogen and oxygen atoms in total. The van der Waals surface area contributed by atoms with Gasteiger partial charge in [0.2, 0.25) is 0 Å². The zero-order valence-corrected chi connectivity index (χ0v) is 20.9. The summed E-state index contributed by atoms with van der Waals surface area (Å²) in [5, 5.41) is 5.86. The molecule has 0 radical (unpaired) electrons. The molecule has 0 aromatic heterocycles. The predicted molar refractivity (Wildman–Crippen MR) is 143 cm³/mol. The van der Waals surface area contributed by atoms with E-state index < -0.39 is 0 Å². The number of hydrogen-bond acceptors (Lipinski definition) is 3. The van der Waals surface area contributed by atoms with Crippen LogP contribution in [0.25, 0.3) is 0 Å². The molecule has 0 saturated carbocycles. The van der Waals surface area contributed by atoms with Gasteiger partial charge >= 0.3 is 0 Å². The Morgan fingerprint density at radius 2 is 1.26 bits per heavy atom. The molecule has 2 amide bonds. The SMILES string of the molecule is CC(C)(C)c1ccc(C(=O)Nc2cccc(NC(=O)c3ccc(CN4CCCCC4)cc3)c2)cc1. The molecule has 0 aliphatic carbocycles. The topological polar surface area (TPSA) is 61.4 Å². The molecule has 182 valence electrons. The molecule has 1 aliphatic rings. The van der Waals surface area contributed by atoms with Crippen molar-refractivity contribution in [2.75, 3.05) is 23.7 Å². The number of anilines is 2. The van der Waals surface area contributed by atoms with E-state index in [1.165, 1.54) is 30.4 Å². The number of benzene rings is 3. The maximum Gasteiger partial charge on any atom is 0.255 e. The first kappa shape index (κ1) is 24.7. The summed E-state index contributed by atoms with van der Waals surface area (Å²) in [5.41, 5.74) is 4.91. The fraction of sp³-hybridized carbons (Fsp3) is 0.333. The van der Waals surface area contributed by atoms with Gasteiger partial charge in [0, 0.05) is 29.0 Å². The zero-order chi connectivity index (χ0) is 24.8. The first-order chi connectivity index (χ1) is 16.8. The molecule has 0 atom stereocenters. The third-order valence-corrected chi connectivity index (χ3v) is 6.46. The normalized spacial score (nSPS) is 14.4. The highest BCUT2D eigenvalue weighted by atomic mass is 16.2. The Morgan fingerprint density at radius 3 is 1.77 bits per heavy atom. The van der Waals surface area contributed by atoms with Crippen molar-refractivity contribution < 1.29 is 9.59 Å². The molecule has 3 aromatic rings. The molecule has 1 heterocycles. The zero-order valence-electron chi connectivity index (χ0n) is 20.9. The maximum atomic E-state index is 12.8. The summed E-state index contributed by atoms with van der Waals surface area (Å²) in [6.07, 6.45) is 3.86. The molecule has 4 rings (SSSR count). The number of rotatable bonds is 6. The number of carbonyl (C=O) groups excluding carboxylic acids is 2. The first-order valence-corrected chi connectivity index (χ1v) is 12.4. The second-order valence-electron chi connectivity index (χ2n) is 10.4. The quantitative estimate of drug-likeness (QED) is 0.435. The van der Waals surface area contributed by atoms with Crippen molar-refractivity contribution in [3.05, 3.63) is 95.1 Å². The number of amides is 2. The standard InChI is InChI=1S/C30H35N3O2/c1-30(2,3)25-16-14-24(15-17-25)29(35)32-27-9-7-8-26(20-27)31-28(34)23-12-10-22(11-13-23)21-33-18-5-4-6-19-33/h7-17,20H,4-6,18-19,21H2,1-3H3,(H,31,34)(H,32,35). The van der Waals surface area contributed by atoms with Crippen LogP contribution in [-0.4, -0.2) is 29.8 Å². The van der Waals surface area contributed by atoms with Gasteiger partial charge in [0.15, 0.2) is 0 Å². The molecule has 1 fully saturated rings. The minimum Gasteiger partial charge on any atom is -0.322 e. The number of piperidine rings is 1. The van der Waals surface area contributed by atoms with Gasteiger partial charge in [-0.3, -0.25) is 14.5 Å². The molecule has 1 aliphatic heterocycles. The first-order valence-electron chi connectivity index (χ1n) is 12.4. The maximum absolute atomic E-state index is 12.8. The summed E-state index contributed by atoms with van der Waals surface area (Å²) in [7, 11) is 0. The Morgan fingerprint density at radius 1 is 0.743 bits per heavy atom. The van der Waals surface area contributed by atoms with Gasteiger partial charge in [0.1, 0.15) is 0 Å². The van der Waals surface area contributed by atoms with Gasteiger partial charge in [-0.05, 0) is 84.9 Å². The smallest absolute Gasteiger partial charge is 0.255 e. The molecule has 2 N–H and O–H groups in total. The lowest BCUT2D eigenvalue weighted by atomic mass is 9.87. The van der Waals surface area contributed by atoms with Crippen LogP contribution in [-0.2, 0) is 12.0 Å². The van der Waals surface area contributed by atoms with Crippen molar-refractivity contribution in [2.24, 2.45) is 0 Å². The molecule has 35 heavy (non-hydrogen) atoms. The molecule has 5 heteroatoms. The number of nitrogens with one attached hydrogen (secondary N) is 2. The largest absolute Gasteiger partial charge is 0.322 e. The van der Waals surface area contributed by atoms with Gasteiger partial charge in [-0.1, -0.05) is 57.5 Å². The third kappa shape index (κ3) is 6.80. The van der Waals surface area contributed by atoms with E-state index in [1.54, 1.807) is 6.07 Å². The fourth-order valence-electron chi connectivity index (χ4n) is 4.34. The van der Waals surface area contributed by atoms with E-state index in [4.69, 9.17) is 0 Å². The van der Waals surface area contributed by atoms with Gasteiger partial charge in [0.25, 0.3) is 11.8 Å². The van der Waals surface area contributed by atoms with E-state index in [-0.39, 0.29) is 17.2 Å². The fourth-order valence-corrected chi connectivity index (χ4v) is 4.34. The van der Waals surface area contributed by atoms with Crippen molar-refractivity contribution in [3.63, 3.8) is 0 Å². The van der Waals surface area contributed by atoms with E-state index in [1.807, 2.05) is 66.7 Å². The van der Waals surface area contributed by atoms with Crippen LogP contribution in [0.1, 0.15) is 71.9 Å². The minimum atomic E-state index is -0.182. The second-order valence-corrected chi connectivity index (χ2v) is 10.4. The van der Waals surface area contributed by atoms with Gasteiger partial charge in [-0.2, -0.15) is 0 Å². The number of carbonyl (C=O) groups is 2. The lowest BCUT2D eigenvalue weighted by Gasteiger charge is -2.26. The van der Waals surface area contributed by atoms with Crippen LogP contribution in [0.2, 0.25) is 0 Å². The third-order valence-electron chi connectivity index (χ3n) is 6.46. The molecule has 0 spiro atoms. The Hall–Kier alpha value is -3.44. The molecule has 0 unspecified atom stereocenters. The Labute approximate surface area is 208 Å². The molecular formula is C30H35N3O2. The van der Waals surface area contributed by atoms with Crippen LogP contribution >= 0.6 is 0 Å². The van der Waals surface area contributed by atoms with Crippen LogP contribution in [0.5, 0.6) is 0 Å². The highest BCUT2D eigenvalue weighted by Gasteiger charge is 2.15. The monoisotopic (exact) mass is 469 g/mol. The lowest BCUT2D eigenvalue weighted by Crippen LogP contribution is -2.29. The number of nitrogens with zero attached hydrogens (tertiary/aromatic N) is 1. The molecule has 3 aromatic carbocycles. The second kappa shape index (κ2) is 10.9. The van der Waals surface area contributed by atoms with E-state index in [2.05, 4.69) is 36.3 Å².